The Morgan fingerprint density at radius 1 is 0.958 bits per heavy atom. The molecule has 2 aromatic rings. The summed E-state index contributed by atoms with van der Waals surface area (Å²) in [4.78, 5) is 0. The summed E-state index contributed by atoms with van der Waals surface area (Å²) < 4.78 is 7.85. The first kappa shape index (κ1) is 17.6. The number of hydrogen-bond donors (Lipinski definition) is 2. The van der Waals surface area contributed by atoms with E-state index < -0.39 is 20.2 Å². The number of rotatable bonds is 3. The molecule has 1 heterocycles. The highest BCUT2D eigenvalue weighted by Gasteiger charge is 2.52. The molecule has 0 saturated carbocycles. The monoisotopic (exact) mass is 408 g/mol. The van der Waals surface area contributed by atoms with E-state index in [0.717, 1.165) is 0 Å². The van der Waals surface area contributed by atoms with Crippen LogP contribution in [0.25, 0.3) is 0 Å². The minimum absolute atomic E-state index is 0.0353. The molecule has 1 aliphatic heterocycles. The summed E-state index contributed by atoms with van der Waals surface area (Å²) in [6.45, 7) is 1.68. The van der Waals surface area contributed by atoms with Crippen LogP contribution in [0.5, 0.6) is 34.5 Å². The molecule has 0 amide bonds. The van der Waals surface area contributed by atoms with Gasteiger partial charge in [0.2, 0.25) is 0 Å². The third-order valence-electron chi connectivity index (χ3n) is 3.70. The van der Waals surface area contributed by atoms with Crippen molar-refractivity contribution in [2.45, 2.75) is 22.0 Å². The van der Waals surface area contributed by atoms with Crippen molar-refractivity contribution >= 4 is 46.4 Å². The maximum Gasteiger partial charge on any atom is 0.183 e. The molecule has 24 heavy (non-hydrogen) atoms. The second-order valence-corrected chi connectivity index (χ2v) is 8.04. The van der Waals surface area contributed by atoms with Crippen LogP contribution in [0.2, 0.25) is 0 Å². The number of aromatic hydroxyl groups is 2. The lowest BCUT2D eigenvalue weighted by molar-refractivity contribution is 0.337. The number of hydrogen-bond acceptors (Lipinski definition) is 4. The Morgan fingerprint density at radius 2 is 1.54 bits per heavy atom. The van der Waals surface area contributed by atoms with E-state index in [1.54, 1.807) is 31.2 Å². The first-order valence-electron chi connectivity index (χ1n) is 6.98. The van der Waals surface area contributed by atoms with Gasteiger partial charge >= 0.3 is 0 Å². The van der Waals surface area contributed by atoms with Crippen LogP contribution >= 0.6 is 46.4 Å². The molecule has 4 nitrogen and oxygen atoms in total. The van der Waals surface area contributed by atoms with E-state index in [1.165, 1.54) is 6.07 Å². The molecule has 128 valence electrons. The predicted octanol–water partition coefficient (Wildman–Crippen LogP) is 6.21. The van der Waals surface area contributed by atoms with Gasteiger partial charge in [0, 0.05) is 6.07 Å². The fourth-order valence-electron chi connectivity index (χ4n) is 2.34. The lowest BCUT2D eigenvalue weighted by atomic mass is 10.0. The molecule has 2 N–H and O–H groups in total. The van der Waals surface area contributed by atoms with Gasteiger partial charge in [0.25, 0.3) is 0 Å². The van der Waals surface area contributed by atoms with Gasteiger partial charge in [-0.05, 0) is 18.6 Å². The molecule has 0 aliphatic carbocycles. The van der Waals surface area contributed by atoms with E-state index in [2.05, 4.69) is 0 Å². The summed E-state index contributed by atoms with van der Waals surface area (Å²) in [6.07, 6.45) is 0.171. The SMILES string of the molecule is CCC(Cl)(Cl)C(Cl)(Cl)c1c(O)c(O)cc2c1Oc1ccccc1O2. The van der Waals surface area contributed by atoms with Gasteiger partial charge in [-0.1, -0.05) is 65.5 Å². The maximum atomic E-state index is 10.3. The molecule has 0 bridgehead atoms. The van der Waals surface area contributed by atoms with Crippen LogP contribution in [-0.4, -0.2) is 14.5 Å². The van der Waals surface area contributed by atoms with Gasteiger partial charge in [0.15, 0.2) is 43.2 Å². The van der Waals surface area contributed by atoms with Crippen molar-refractivity contribution in [3.05, 3.63) is 35.9 Å². The van der Waals surface area contributed by atoms with Crippen molar-refractivity contribution in [1.29, 1.82) is 0 Å². The Balaban J connectivity index is 2.24. The van der Waals surface area contributed by atoms with Crippen LogP contribution in [0.4, 0.5) is 0 Å². The number of phenolic OH excluding ortho intramolecular Hbond substituents is 2. The van der Waals surface area contributed by atoms with Crippen LogP contribution < -0.4 is 9.47 Å². The average Bonchev–Trinajstić information content (AvgIpc) is 2.54. The topological polar surface area (TPSA) is 58.9 Å². The largest absolute Gasteiger partial charge is 0.504 e. The molecule has 0 spiro atoms. The number of ether oxygens (including phenoxy) is 2. The van der Waals surface area contributed by atoms with E-state index >= 15 is 0 Å². The smallest absolute Gasteiger partial charge is 0.183 e. The summed E-state index contributed by atoms with van der Waals surface area (Å²) in [5.41, 5.74) is -0.165. The lowest BCUT2D eigenvalue weighted by Crippen LogP contribution is -2.34. The standard InChI is InChI=1S/C16H12Cl4O4/c1-2-15(17,18)16(19,20)12-13(22)8(21)7-11-14(12)24-10-6-4-3-5-9(10)23-11/h3-7,21-22H,2H2,1H3. The number of alkyl halides is 4. The highest BCUT2D eigenvalue weighted by atomic mass is 35.5. The van der Waals surface area contributed by atoms with E-state index in [9.17, 15) is 10.2 Å². The van der Waals surface area contributed by atoms with Gasteiger partial charge in [-0.15, -0.1) is 0 Å². The first-order valence-corrected chi connectivity index (χ1v) is 8.50. The minimum atomic E-state index is -1.98. The molecule has 8 heteroatoms. The molecule has 3 rings (SSSR count). The molecular weight excluding hydrogens is 398 g/mol. The van der Waals surface area contributed by atoms with Crippen molar-refractivity contribution in [2.24, 2.45) is 0 Å². The number of para-hydroxylation sites is 2. The summed E-state index contributed by atoms with van der Waals surface area (Å²) >= 11 is 25.2. The number of halogens is 4. The molecular formula is C16H12Cl4O4. The Bertz CT molecular complexity index is 805. The molecule has 0 aromatic heterocycles. The highest BCUT2D eigenvalue weighted by molar-refractivity contribution is 6.62. The van der Waals surface area contributed by atoms with Gasteiger partial charge in [-0.2, -0.15) is 0 Å². The fraction of sp³-hybridized carbons (Fsp3) is 0.250. The quantitative estimate of drug-likeness (QED) is 0.398. The van der Waals surface area contributed by atoms with Gasteiger partial charge in [0.05, 0.1) is 5.56 Å². The van der Waals surface area contributed by atoms with Crippen molar-refractivity contribution in [2.75, 3.05) is 0 Å². The van der Waals surface area contributed by atoms with Gasteiger partial charge in [-0.3, -0.25) is 0 Å². The molecule has 0 radical (unpaired) electrons. The third kappa shape index (κ3) is 2.62. The van der Waals surface area contributed by atoms with Crippen LogP contribution in [0.1, 0.15) is 18.9 Å². The van der Waals surface area contributed by atoms with Crippen molar-refractivity contribution < 1.29 is 19.7 Å². The summed E-state index contributed by atoms with van der Waals surface area (Å²) in [5.74, 6) is -0.0717. The van der Waals surface area contributed by atoms with Gasteiger partial charge in [0.1, 0.15) is 0 Å². The summed E-state index contributed by atoms with van der Waals surface area (Å²) in [5, 5.41) is 20.3. The van der Waals surface area contributed by atoms with Crippen molar-refractivity contribution in [3.8, 4) is 34.5 Å². The van der Waals surface area contributed by atoms with E-state index in [1.807, 2.05) is 0 Å². The molecule has 0 atom stereocenters. The molecule has 2 aromatic carbocycles. The Labute approximate surface area is 158 Å². The normalized spacial score (nSPS) is 13.5. The van der Waals surface area contributed by atoms with Crippen LogP contribution in [0.15, 0.2) is 30.3 Å². The zero-order valence-electron chi connectivity index (χ0n) is 12.3. The summed E-state index contributed by atoms with van der Waals surface area (Å²) in [6, 6.07) is 8.08. The number of benzene rings is 2. The van der Waals surface area contributed by atoms with E-state index in [-0.39, 0.29) is 23.5 Å². The van der Waals surface area contributed by atoms with E-state index in [0.29, 0.717) is 11.5 Å². The first-order chi connectivity index (χ1) is 11.2. The zero-order valence-corrected chi connectivity index (χ0v) is 15.3. The second kappa shape index (κ2) is 5.95. The fourth-order valence-corrected chi connectivity index (χ4v) is 3.14. The Kier molecular flexibility index (Phi) is 4.37. The lowest BCUT2D eigenvalue weighted by Gasteiger charge is -2.35. The average molecular weight is 410 g/mol. The van der Waals surface area contributed by atoms with Crippen LogP contribution in [0, 0.1) is 0 Å². The third-order valence-corrected chi connectivity index (χ3v) is 6.21. The molecule has 1 aliphatic rings. The van der Waals surface area contributed by atoms with E-state index in [4.69, 9.17) is 55.9 Å². The van der Waals surface area contributed by atoms with Crippen LogP contribution in [0.3, 0.4) is 0 Å². The van der Waals surface area contributed by atoms with Crippen molar-refractivity contribution in [1.82, 2.24) is 0 Å². The van der Waals surface area contributed by atoms with Gasteiger partial charge in [-0.25, -0.2) is 0 Å². The molecule has 0 saturated heterocycles. The Hall–Kier alpha value is -1.20. The highest BCUT2D eigenvalue weighted by Crippen LogP contribution is 2.62. The number of fused-ring (bicyclic) bond motifs is 2. The predicted molar refractivity (Wildman–Crippen MR) is 94.5 cm³/mol. The number of phenols is 2. The Morgan fingerprint density at radius 3 is 2.12 bits per heavy atom. The summed E-state index contributed by atoms with van der Waals surface area (Å²) in [7, 11) is 0. The zero-order chi connectivity index (χ0) is 17.7. The molecule has 0 fully saturated rings. The second-order valence-electron chi connectivity index (χ2n) is 5.23. The maximum absolute atomic E-state index is 10.3. The van der Waals surface area contributed by atoms with Crippen LogP contribution in [-0.2, 0) is 4.33 Å². The van der Waals surface area contributed by atoms with Gasteiger partial charge < -0.3 is 19.7 Å². The minimum Gasteiger partial charge on any atom is -0.504 e. The molecule has 0 unspecified atom stereocenters. The van der Waals surface area contributed by atoms with Crippen molar-refractivity contribution in [3.63, 3.8) is 0 Å².